The van der Waals surface area contributed by atoms with Crippen LogP contribution in [-0.2, 0) is 12.8 Å². The number of hydrogen-bond acceptors (Lipinski definition) is 3. The van der Waals surface area contributed by atoms with E-state index >= 15 is 0 Å². The van der Waals surface area contributed by atoms with Crippen LogP contribution in [0, 0.1) is 6.92 Å². The molecule has 0 aromatic carbocycles. The molecule has 0 aliphatic heterocycles. The number of fused-ring (bicyclic) bond motifs is 1. The van der Waals surface area contributed by atoms with Crippen molar-refractivity contribution in [2.75, 3.05) is 0 Å². The van der Waals surface area contributed by atoms with Crippen molar-refractivity contribution in [1.82, 2.24) is 14.8 Å². The Kier molecular flexibility index (Phi) is 2.40. The van der Waals surface area contributed by atoms with Gasteiger partial charge in [-0.3, -0.25) is 4.98 Å². The molecule has 2 heterocycles. The fraction of sp³-hybridized carbons (Fsp3) is 0.308. The average Bonchev–Trinajstić information content (AvgIpc) is 2.88. The van der Waals surface area contributed by atoms with Crippen LogP contribution < -0.4 is 0 Å². The highest BCUT2D eigenvalue weighted by Gasteiger charge is 2.26. The third-order valence-corrected chi connectivity index (χ3v) is 3.24. The summed E-state index contributed by atoms with van der Waals surface area (Å²) in [5, 5.41) is 13.4. The summed E-state index contributed by atoms with van der Waals surface area (Å²) in [5.74, 6) is -0.951. The van der Waals surface area contributed by atoms with Gasteiger partial charge in [-0.25, -0.2) is 9.48 Å². The molecule has 0 radical (unpaired) electrons. The van der Waals surface area contributed by atoms with Gasteiger partial charge in [0.15, 0.2) is 5.69 Å². The van der Waals surface area contributed by atoms with Gasteiger partial charge in [-0.05, 0) is 37.8 Å². The van der Waals surface area contributed by atoms with Gasteiger partial charge in [0.25, 0.3) is 0 Å². The molecule has 1 aliphatic rings. The van der Waals surface area contributed by atoms with Crippen molar-refractivity contribution in [3.63, 3.8) is 0 Å². The molecule has 18 heavy (non-hydrogen) atoms. The highest BCUT2D eigenvalue weighted by Crippen LogP contribution is 2.27. The standard InChI is InChI=1S/C13H13N3O2/c1-8-5-9(7-14-6-8)16-11-4-2-3-10(11)12(15-16)13(17)18/h5-7H,2-4H2,1H3,(H,17,18). The minimum absolute atomic E-state index is 0.184. The van der Waals surface area contributed by atoms with Crippen LogP contribution >= 0.6 is 0 Å². The summed E-state index contributed by atoms with van der Waals surface area (Å²) in [6.07, 6.45) is 6.15. The monoisotopic (exact) mass is 243 g/mol. The molecule has 0 saturated carbocycles. The molecule has 0 atom stereocenters. The highest BCUT2D eigenvalue weighted by atomic mass is 16.4. The number of nitrogens with zero attached hydrogens (tertiary/aromatic N) is 3. The molecular weight excluding hydrogens is 230 g/mol. The summed E-state index contributed by atoms with van der Waals surface area (Å²) in [7, 11) is 0. The van der Waals surface area contributed by atoms with Gasteiger partial charge in [0.2, 0.25) is 0 Å². The van der Waals surface area contributed by atoms with E-state index in [9.17, 15) is 9.90 Å². The van der Waals surface area contributed by atoms with Crippen LogP contribution in [0.1, 0.15) is 33.7 Å². The average molecular weight is 243 g/mol. The number of hydrogen-bond donors (Lipinski definition) is 1. The fourth-order valence-corrected chi connectivity index (χ4v) is 2.48. The second-order valence-electron chi connectivity index (χ2n) is 4.56. The first kappa shape index (κ1) is 11.0. The van der Waals surface area contributed by atoms with Gasteiger partial charge in [-0.1, -0.05) is 0 Å². The number of aromatic carboxylic acids is 1. The lowest BCUT2D eigenvalue weighted by Gasteiger charge is -2.05. The van der Waals surface area contributed by atoms with Gasteiger partial charge in [0, 0.05) is 17.5 Å². The predicted octanol–water partition coefficient (Wildman–Crippen LogP) is 1.76. The number of carbonyl (C=O) groups is 1. The zero-order valence-electron chi connectivity index (χ0n) is 10.1. The van der Waals surface area contributed by atoms with Crippen LogP contribution in [0.25, 0.3) is 5.69 Å². The van der Waals surface area contributed by atoms with Crippen LogP contribution in [0.2, 0.25) is 0 Å². The molecule has 0 saturated heterocycles. The molecular formula is C13H13N3O2. The van der Waals surface area contributed by atoms with Crippen LogP contribution in [0.3, 0.4) is 0 Å². The van der Waals surface area contributed by atoms with Crippen LogP contribution in [-0.4, -0.2) is 25.8 Å². The van der Waals surface area contributed by atoms with E-state index < -0.39 is 5.97 Å². The molecule has 5 heteroatoms. The molecule has 0 bridgehead atoms. The van der Waals surface area contributed by atoms with Gasteiger partial charge < -0.3 is 5.11 Å². The van der Waals surface area contributed by atoms with E-state index in [-0.39, 0.29) is 5.69 Å². The summed E-state index contributed by atoms with van der Waals surface area (Å²) >= 11 is 0. The Bertz CT molecular complexity index is 631. The van der Waals surface area contributed by atoms with E-state index in [0.29, 0.717) is 0 Å². The lowest BCUT2D eigenvalue weighted by Crippen LogP contribution is -2.05. The Balaban J connectivity index is 2.19. The van der Waals surface area contributed by atoms with Gasteiger partial charge in [-0.15, -0.1) is 0 Å². The third kappa shape index (κ3) is 1.59. The molecule has 92 valence electrons. The lowest BCUT2D eigenvalue weighted by atomic mass is 10.2. The SMILES string of the molecule is Cc1cncc(-n2nc(C(=O)O)c3c2CCC3)c1. The Hall–Kier alpha value is -2.17. The van der Waals surface area contributed by atoms with Crippen molar-refractivity contribution in [2.45, 2.75) is 26.2 Å². The maximum Gasteiger partial charge on any atom is 0.356 e. The van der Waals surface area contributed by atoms with Crippen molar-refractivity contribution < 1.29 is 9.90 Å². The largest absolute Gasteiger partial charge is 0.476 e. The Morgan fingerprint density at radius 1 is 1.39 bits per heavy atom. The maximum atomic E-state index is 11.2. The number of aryl methyl sites for hydroxylation is 1. The zero-order valence-corrected chi connectivity index (χ0v) is 10.1. The molecule has 1 aliphatic carbocycles. The smallest absolute Gasteiger partial charge is 0.356 e. The molecule has 0 amide bonds. The van der Waals surface area contributed by atoms with Gasteiger partial charge in [0.05, 0.1) is 11.9 Å². The van der Waals surface area contributed by atoms with Crippen molar-refractivity contribution in [1.29, 1.82) is 0 Å². The van der Waals surface area contributed by atoms with Crippen LogP contribution in [0.4, 0.5) is 0 Å². The summed E-state index contributed by atoms with van der Waals surface area (Å²) in [6, 6.07) is 1.96. The molecule has 2 aromatic rings. The zero-order chi connectivity index (χ0) is 12.7. The molecule has 1 N–H and O–H groups in total. The first-order valence-electron chi connectivity index (χ1n) is 5.93. The second-order valence-corrected chi connectivity index (χ2v) is 4.56. The van der Waals surface area contributed by atoms with E-state index in [2.05, 4.69) is 10.1 Å². The summed E-state index contributed by atoms with van der Waals surface area (Å²) < 4.78 is 1.73. The summed E-state index contributed by atoms with van der Waals surface area (Å²) in [6.45, 7) is 1.96. The number of pyridine rings is 1. The van der Waals surface area contributed by atoms with Crippen molar-refractivity contribution >= 4 is 5.97 Å². The highest BCUT2D eigenvalue weighted by molar-refractivity contribution is 5.87. The fourth-order valence-electron chi connectivity index (χ4n) is 2.48. The number of carboxylic acid groups (broad SMARTS) is 1. The molecule has 5 nitrogen and oxygen atoms in total. The Morgan fingerprint density at radius 3 is 2.94 bits per heavy atom. The molecule has 0 fully saturated rings. The first-order chi connectivity index (χ1) is 8.66. The minimum atomic E-state index is -0.951. The topological polar surface area (TPSA) is 68.0 Å². The molecule has 0 unspecified atom stereocenters. The van der Waals surface area contributed by atoms with Crippen LogP contribution in [0.5, 0.6) is 0 Å². The summed E-state index contributed by atoms with van der Waals surface area (Å²) in [4.78, 5) is 15.3. The van der Waals surface area contributed by atoms with E-state index in [1.165, 1.54) is 0 Å². The Morgan fingerprint density at radius 2 is 2.22 bits per heavy atom. The third-order valence-electron chi connectivity index (χ3n) is 3.24. The molecule has 3 rings (SSSR count). The Labute approximate surface area is 104 Å². The van der Waals surface area contributed by atoms with E-state index in [4.69, 9.17) is 0 Å². The van der Waals surface area contributed by atoms with Crippen LogP contribution in [0.15, 0.2) is 18.5 Å². The van der Waals surface area contributed by atoms with E-state index in [1.54, 1.807) is 17.1 Å². The predicted molar refractivity (Wildman–Crippen MR) is 65.1 cm³/mol. The van der Waals surface area contributed by atoms with Gasteiger partial charge in [0.1, 0.15) is 0 Å². The van der Waals surface area contributed by atoms with E-state index in [0.717, 1.165) is 41.8 Å². The normalized spacial score (nSPS) is 13.6. The molecule has 0 spiro atoms. The van der Waals surface area contributed by atoms with Gasteiger partial charge >= 0.3 is 5.97 Å². The number of rotatable bonds is 2. The lowest BCUT2D eigenvalue weighted by molar-refractivity contribution is 0.0689. The van der Waals surface area contributed by atoms with E-state index in [1.807, 2.05) is 13.0 Å². The number of aromatic nitrogens is 3. The number of carboxylic acids is 1. The molecule has 2 aromatic heterocycles. The van der Waals surface area contributed by atoms with Crippen molar-refractivity contribution in [2.24, 2.45) is 0 Å². The van der Waals surface area contributed by atoms with Crippen molar-refractivity contribution in [3.05, 3.63) is 41.0 Å². The quantitative estimate of drug-likeness (QED) is 0.872. The summed E-state index contributed by atoms with van der Waals surface area (Å²) in [5.41, 5.74) is 3.94. The first-order valence-corrected chi connectivity index (χ1v) is 5.93. The van der Waals surface area contributed by atoms with Crippen molar-refractivity contribution in [3.8, 4) is 5.69 Å². The second kappa shape index (κ2) is 3.94. The minimum Gasteiger partial charge on any atom is -0.476 e. The van der Waals surface area contributed by atoms with Gasteiger partial charge in [-0.2, -0.15) is 5.10 Å². The maximum absolute atomic E-state index is 11.2.